The van der Waals surface area contributed by atoms with Crippen molar-refractivity contribution < 1.29 is 18.8 Å². The fourth-order valence-corrected chi connectivity index (χ4v) is 4.67. The number of rotatable bonds is 5. The molecule has 0 bridgehead atoms. The Labute approximate surface area is 228 Å². The van der Waals surface area contributed by atoms with E-state index in [0.29, 0.717) is 22.3 Å². The normalized spacial score (nSPS) is 17.2. The van der Waals surface area contributed by atoms with E-state index in [2.05, 4.69) is 37.2 Å². The van der Waals surface area contributed by atoms with Crippen LogP contribution in [-0.2, 0) is 22.6 Å². The average Bonchev–Trinajstić information content (AvgIpc) is 3.45. The highest BCUT2D eigenvalue weighted by atomic mass is 19.1. The quantitative estimate of drug-likeness (QED) is 0.238. The fourth-order valence-electron chi connectivity index (χ4n) is 4.67. The second-order valence-electron chi connectivity index (χ2n) is 9.53. The summed E-state index contributed by atoms with van der Waals surface area (Å²) >= 11 is 0. The van der Waals surface area contributed by atoms with Gasteiger partial charge in [-0.3, -0.25) is 19.1 Å². The zero-order valence-electron chi connectivity index (χ0n) is 21.0. The van der Waals surface area contributed by atoms with Crippen LogP contribution in [0.1, 0.15) is 39.6 Å². The molecule has 11 nitrogen and oxygen atoms in total. The van der Waals surface area contributed by atoms with Crippen molar-refractivity contribution in [3.05, 3.63) is 70.9 Å². The summed E-state index contributed by atoms with van der Waals surface area (Å²) in [4.78, 5) is 52.1. The molecule has 6 rings (SSSR count). The van der Waals surface area contributed by atoms with E-state index in [1.165, 1.54) is 4.68 Å². The topological polar surface area (TPSA) is 149 Å². The minimum absolute atomic E-state index is 0.0425. The summed E-state index contributed by atoms with van der Waals surface area (Å²) in [6, 6.07) is 8.67. The van der Waals surface area contributed by atoms with Gasteiger partial charge in [0.15, 0.2) is 5.69 Å². The molecule has 1 fully saturated rings. The maximum absolute atomic E-state index is 14.4. The minimum atomic E-state index is -1.38. The lowest BCUT2D eigenvalue weighted by molar-refractivity contribution is -0.137. The van der Waals surface area contributed by atoms with Gasteiger partial charge in [-0.25, -0.2) is 19.3 Å². The molecule has 3 aromatic heterocycles. The van der Waals surface area contributed by atoms with Crippen molar-refractivity contribution in [2.24, 2.45) is 5.73 Å². The molecule has 3 N–H and O–H groups in total. The number of nitrogens with two attached hydrogens (primary N) is 1. The summed E-state index contributed by atoms with van der Waals surface area (Å²) in [7, 11) is 5.66. The Balaban J connectivity index is 1.24. The van der Waals surface area contributed by atoms with Crippen molar-refractivity contribution in [1.82, 2.24) is 29.6 Å². The van der Waals surface area contributed by atoms with Gasteiger partial charge in [0, 0.05) is 30.0 Å². The maximum atomic E-state index is 14.4. The first-order valence-electron chi connectivity index (χ1n) is 12.4. The van der Waals surface area contributed by atoms with Gasteiger partial charge in [-0.2, -0.15) is 5.10 Å². The van der Waals surface area contributed by atoms with Gasteiger partial charge in [0.2, 0.25) is 17.6 Å². The molecule has 1 aliphatic heterocycles. The summed E-state index contributed by atoms with van der Waals surface area (Å²) in [5.74, 6) is 4.55. The van der Waals surface area contributed by atoms with Crippen LogP contribution in [-0.4, -0.2) is 74.0 Å². The Morgan fingerprint density at radius 3 is 2.80 bits per heavy atom. The summed E-state index contributed by atoms with van der Waals surface area (Å²) < 4.78 is 15.7. The van der Waals surface area contributed by atoms with E-state index in [-0.39, 0.29) is 36.6 Å². The molecule has 1 saturated heterocycles. The molecule has 4 aromatic rings. The Morgan fingerprint density at radius 1 is 1.18 bits per heavy atom. The average molecular weight is 534 g/mol. The van der Waals surface area contributed by atoms with Gasteiger partial charge >= 0.3 is 0 Å². The van der Waals surface area contributed by atoms with Crippen LogP contribution in [0, 0.1) is 11.8 Å². The number of hydrogen-bond donors (Lipinski definition) is 2. The third-order valence-corrected chi connectivity index (χ3v) is 6.67. The molecule has 2 unspecified atom stereocenters. The van der Waals surface area contributed by atoms with Gasteiger partial charge < -0.3 is 16.0 Å². The molecule has 13 heteroatoms. The highest BCUT2D eigenvalue weighted by Crippen LogP contribution is 2.25. The number of alkyl halides is 1. The molecular formula is C27H20BFN8O3. The Hall–Kier alpha value is -5.12. The third-order valence-electron chi connectivity index (χ3n) is 6.67. The van der Waals surface area contributed by atoms with Crippen molar-refractivity contribution in [2.45, 2.75) is 31.6 Å². The van der Waals surface area contributed by atoms with Crippen LogP contribution >= 0.6 is 0 Å². The number of primary amides is 1. The Kier molecular flexibility index (Phi) is 6.22. The molecule has 2 radical (unpaired) electrons. The molecule has 1 aromatic carbocycles. The number of nitrogens with one attached hydrogen (secondary N) is 1. The molecule has 4 heterocycles. The van der Waals surface area contributed by atoms with E-state index < -0.39 is 29.9 Å². The monoisotopic (exact) mass is 534 g/mol. The second kappa shape index (κ2) is 9.89. The van der Waals surface area contributed by atoms with Gasteiger partial charge in [0.1, 0.15) is 32.4 Å². The number of likely N-dealkylation sites (tertiary alicyclic amines) is 1. The minimum Gasteiger partial charge on any atom is -0.364 e. The van der Waals surface area contributed by atoms with E-state index in [9.17, 15) is 18.8 Å². The van der Waals surface area contributed by atoms with Crippen LogP contribution in [0.15, 0.2) is 42.6 Å². The summed E-state index contributed by atoms with van der Waals surface area (Å²) in [5.41, 5.74) is 8.84. The van der Waals surface area contributed by atoms with Gasteiger partial charge in [-0.05, 0) is 41.3 Å². The number of fused-ring (bicyclic) bond motifs is 2. The summed E-state index contributed by atoms with van der Waals surface area (Å²) in [5, 5.41) is 7.23. The predicted octanol–water partition coefficient (Wildman–Crippen LogP) is -0.00430. The molecular weight excluding hydrogens is 514 g/mol. The molecule has 0 saturated carbocycles. The van der Waals surface area contributed by atoms with Crippen molar-refractivity contribution in [1.29, 1.82) is 0 Å². The lowest BCUT2D eigenvalue weighted by Crippen LogP contribution is -2.44. The summed E-state index contributed by atoms with van der Waals surface area (Å²) in [6.07, 6.45) is 1.03. The van der Waals surface area contributed by atoms with E-state index in [0.717, 1.165) is 22.6 Å². The number of hydrogen-bond acceptors (Lipinski definition) is 7. The van der Waals surface area contributed by atoms with Crippen molar-refractivity contribution in [3.63, 3.8) is 0 Å². The molecule has 40 heavy (non-hydrogen) atoms. The SMILES string of the molecule is [B]c1cccc(NC(=O)C2CC(F)CN2C(=O)Cn2nc(C(N)=O)c3cc(C#Cc4ncc5c(n4)C5)ccc32)n1. The number of carbonyl (C=O) groups excluding carboxylic acids is 3. The van der Waals surface area contributed by atoms with Crippen LogP contribution in [0.5, 0.6) is 0 Å². The van der Waals surface area contributed by atoms with Crippen LogP contribution in [0.4, 0.5) is 10.2 Å². The van der Waals surface area contributed by atoms with Gasteiger partial charge in [-0.1, -0.05) is 18.1 Å². The molecule has 0 spiro atoms. The first-order chi connectivity index (χ1) is 19.2. The molecule has 2 aliphatic rings. The summed E-state index contributed by atoms with van der Waals surface area (Å²) in [6.45, 7) is -0.599. The zero-order valence-corrected chi connectivity index (χ0v) is 21.0. The van der Waals surface area contributed by atoms with Crippen LogP contribution in [0.3, 0.4) is 0 Å². The standard InChI is InChI=1S/C27H20BFN8O3/c28-21-2-1-3-23(33-21)34-27(40)20-10-16(29)12-36(20)24(38)13-37-19-6-4-14(8-17(19)25(35-37)26(30)39)5-7-22-31-11-15-9-18(15)32-22/h1-4,6,8,11,16,20H,9-10,12-13H2,(H2,30,39)(H,33,34,40). The van der Waals surface area contributed by atoms with E-state index >= 15 is 0 Å². The van der Waals surface area contributed by atoms with E-state index in [1.807, 2.05) is 0 Å². The van der Waals surface area contributed by atoms with Gasteiger partial charge in [0.05, 0.1) is 17.8 Å². The highest BCUT2D eigenvalue weighted by molar-refractivity contribution is 6.30. The van der Waals surface area contributed by atoms with Crippen molar-refractivity contribution >= 4 is 47.9 Å². The number of nitrogens with zero attached hydrogens (tertiary/aromatic N) is 6. The second-order valence-corrected chi connectivity index (χ2v) is 9.53. The molecule has 3 amide bonds. The first-order valence-corrected chi connectivity index (χ1v) is 12.4. The molecule has 1 aliphatic carbocycles. The number of benzene rings is 1. The third kappa shape index (κ3) is 4.99. The number of aromatic nitrogens is 5. The number of amides is 3. The number of halogens is 1. The Morgan fingerprint density at radius 2 is 2.02 bits per heavy atom. The largest absolute Gasteiger partial charge is 0.364 e. The predicted molar refractivity (Wildman–Crippen MR) is 142 cm³/mol. The Bertz CT molecular complexity index is 1780. The van der Waals surface area contributed by atoms with E-state index in [1.54, 1.807) is 42.6 Å². The van der Waals surface area contributed by atoms with E-state index in [4.69, 9.17) is 13.6 Å². The van der Waals surface area contributed by atoms with Crippen LogP contribution < -0.4 is 16.6 Å². The molecule has 196 valence electrons. The van der Waals surface area contributed by atoms with Gasteiger partial charge in [-0.15, -0.1) is 0 Å². The van der Waals surface area contributed by atoms with Crippen LogP contribution in [0.25, 0.3) is 10.9 Å². The van der Waals surface area contributed by atoms with Crippen molar-refractivity contribution in [3.8, 4) is 11.8 Å². The van der Waals surface area contributed by atoms with Crippen molar-refractivity contribution in [2.75, 3.05) is 11.9 Å². The van der Waals surface area contributed by atoms with Crippen LogP contribution in [0.2, 0.25) is 0 Å². The first kappa shape index (κ1) is 25.2. The fraction of sp³-hybridized carbons (Fsp3) is 0.222. The zero-order chi connectivity index (χ0) is 28.0. The smallest absolute Gasteiger partial charge is 0.269 e. The number of anilines is 1. The maximum Gasteiger partial charge on any atom is 0.269 e. The lowest BCUT2D eigenvalue weighted by Gasteiger charge is -2.23. The van der Waals surface area contributed by atoms with Gasteiger partial charge in [0.25, 0.3) is 5.91 Å². The highest BCUT2D eigenvalue weighted by Gasteiger charge is 2.40. The lowest BCUT2D eigenvalue weighted by atomic mass is 10.0. The molecule has 2 atom stereocenters. The number of carbonyl (C=O) groups is 3. The number of pyridine rings is 1.